The molecule has 2 aromatic heterocycles. The minimum absolute atomic E-state index is 0.0703. The quantitative estimate of drug-likeness (QED) is 0.642. The number of amides is 2. The van der Waals surface area contributed by atoms with Gasteiger partial charge in [-0.25, -0.2) is 14.4 Å². The minimum Gasteiger partial charge on any atom is -0.345 e. The van der Waals surface area contributed by atoms with E-state index in [2.05, 4.69) is 9.97 Å². The summed E-state index contributed by atoms with van der Waals surface area (Å²) in [6.45, 7) is 0.566. The van der Waals surface area contributed by atoms with E-state index in [0.717, 1.165) is 0 Å². The van der Waals surface area contributed by atoms with Crippen molar-refractivity contribution in [3.8, 4) is 5.69 Å². The van der Waals surface area contributed by atoms with Crippen LogP contribution in [0.25, 0.3) is 5.69 Å². The molecule has 0 saturated heterocycles. The number of rotatable bonds is 3. The zero-order valence-electron chi connectivity index (χ0n) is 17.1. The second-order valence-electron chi connectivity index (χ2n) is 7.43. The van der Waals surface area contributed by atoms with Crippen molar-refractivity contribution in [1.29, 1.82) is 0 Å². The van der Waals surface area contributed by atoms with Gasteiger partial charge in [0, 0.05) is 45.3 Å². The number of benzene rings is 1. The number of nitrogens with zero attached hydrogens (tertiary/aromatic N) is 5. The summed E-state index contributed by atoms with van der Waals surface area (Å²) < 4.78 is 14.7. The zero-order valence-corrected chi connectivity index (χ0v) is 17.1. The molecule has 158 valence electrons. The summed E-state index contributed by atoms with van der Waals surface area (Å²) in [5.41, 5.74) is 1.62. The van der Waals surface area contributed by atoms with E-state index < -0.39 is 17.3 Å². The molecule has 1 aliphatic rings. The summed E-state index contributed by atoms with van der Waals surface area (Å²) in [5.74, 6) is -1.10. The molecule has 0 unspecified atom stereocenters. The Morgan fingerprint density at radius 3 is 2.52 bits per heavy atom. The van der Waals surface area contributed by atoms with E-state index >= 15 is 0 Å². The van der Waals surface area contributed by atoms with Crippen LogP contribution in [0, 0.1) is 5.82 Å². The number of carbonyl (C=O) groups is 2. The molecule has 3 heterocycles. The molecule has 0 saturated carbocycles. The average Bonchev–Trinajstić information content (AvgIpc) is 2.78. The highest BCUT2D eigenvalue weighted by atomic mass is 19.1. The van der Waals surface area contributed by atoms with Gasteiger partial charge in [-0.2, -0.15) is 0 Å². The van der Waals surface area contributed by atoms with Crippen molar-refractivity contribution in [2.24, 2.45) is 0 Å². The first-order valence-electron chi connectivity index (χ1n) is 9.67. The van der Waals surface area contributed by atoms with Crippen LogP contribution in [0.1, 0.15) is 32.0 Å². The van der Waals surface area contributed by atoms with Crippen LogP contribution in [-0.2, 0) is 13.0 Å². The van der Waals surface area contributed by atoms with E-state index in [1.165, 1.54) is 52.3 Å². The first kappa shape index (κ1) is 20.4. The van der Waals surface area contributed by atoms with Gasteiger partial charge in [0.2, 0.25) is 0 Å². The number of aromatic nitrogens is 3. The molecule has 4 rings (SSSR count). The normalized spacial score (nSPS) is 12.9. The van der Waals surface area contributed by atoms with E-state index in [1.807, 2.05) is 0 Å². The van der Waals surface area contributed by atoms with Gasteiger partial charge in [-0.15, -0.1) is 0 Å². The summed E-state index contributed by atoms with van der Waals surface area (Å²) in [4.78, 5) is 49.8. The van der Waals surface area contributed by atoms with Crippen molar-refractivity contribution >= 4 is 11.8 Å². The fourth-order valence-corrected chi connectivity index (χ4v) is 3.65. The Labute approximate surface area is 177 Å². The summed E-state index contributed by atoms with van der Waals surface area (Å²) in [6, 6.07) is 6.98. The van der Waals surface area contributed by atoms with Crippen molar-refractivity contribution in [2.45, 2.75) is 13.0 Å². The maximum absolute atomic E-state index is 13.4. The molecule has 8 nitrogen and oxygen atoms in total. The Kier molecular flexibility index (Phi) is 5.33. The smallest absolute Gasteiger partial charge is 0.272 e. The van der Waals surface area contributed by atoms with Gasteiger partial charge >= 0.3 is 0 Å². The first-order valence-corrected chi connectivity index (χ1v) is 9.67. The predicted octanol–water partition coefficient (Wildman–Crippen LogP) is 1.67. The minimum atomic E-state index is -0.473. The van der Waals surface area contributed by atoms with Gasteiger partial charge in [0.25, 0.3) is 17.4 Å². The van der Waals surface area contributed by atoms with Crippen molar-refractivity contribution in [3.63, 3.8) is 0 Å². The third kappa shape index (κ3) is 3.81. The topological polar surface area (TPSA) is 88.4 Å². The van der Waals surface area contributed by atoms with Crippen LogP contribution >= 0.6 is 0 Å². The number of pyridine rings is 1. The molecule has 0 atom stereocenters. The molecule has 3 aromatic rings. The molecule has 9 heteroatoms. The van der Waals surface area contributed by atoms with Crippen LogP contribution in [0.2, 0.25) is 0 Å². The molecule has 0 aliphatic carbocycles. The fraction of sp³-hybridized carbons (Fsp3) is 0.227. The third-order valence-electron chi connectivity index (χ3n) is 5.21. The van der Waals surface area contributed by atoms with Gasteiger partial charge in [-0.1, -0.05) is 0 Å². The maximum Gasteiger partial charge on any atom is 0.272 e. The van der Waals surface area contributed by atoms with Gasteiger partial charge in [0.1, 0.15) is 23.4 Å². The standard InChI is InChI=1S/C22H20FN5O3/c1-26(2)21(30)19-17-8-10-27(20(29)18-7-9-24-13-25-18)11-14(17)12-28(22(19)31)16-5-3-15(23)4-6-16/h3-7,9,12-13H,8,10-11H2,1-2H3. The molecule has 31 heavy (non-hydrogen) atoms. The summed E-state index contributed by atoms with van der Waals surface area (Å²) in [7, 11) is 3.16. The van der Waals surface area contributed by atoms with E-state index in [4.69, 9.17) is 0 Å². The van der Waals surface area contributed by atoms with Crippen LogP contribution in [0.4, 0.5) is 4.39 Å². The Hall–Kier alpha value is -3.88. The number of fused-ring (bicyclic) bond motifs is 1. The van der Waals surface area contributed by atoms with Crippen LogP contribution in [0.15, 0.2) is 53.8 Å². The lowest BCUT2D eigenvalue weighted by Gasteiger charge is -2.30. The van der Waals surface area contributed by atoms with Crippen molar-refractivity contribution < 1.29 is 14.0 Å². The van der Waals surface area contributed by atoms with E-state index in [1.54, 1.807) is 25.2 Å². The maximum atomic E-state index is 13.4. The molecule has 0 fully saturated rings. The molecule has 0 radical (unpaired) electrons. The predicted molar refractivity (Wildman–Crippen MR) is 110 cm³/mol. The van der Waals surface area contributed by atoms with Gasteiger partial charge in [0.05, 0.1) is 0 Å². The number of hydrogen-bond acceptors (Lipinski definition) is 5. The number of halogens is 1. The third-order valence-corrected chi connectivity index (χ3v) is 5.21. The first-order chi connectivity index (χ1) is 14.9. The second kappa shape index (κ2) is 8.10. The van der Waals surface area contributed by atoms with Gasteiger partial charge in [0.15, 0.2) is 0 Å². The molecular weight excluding hydrogens is 401 g/mol. The van der Waals surface area contributed by atoms with Crippen molar-refractivity contribution in [1.82, 2.24) is 24.3 Å². The molecule has 1 aliphatic heterocycles. The van der Waals surface area contributed by atoms with E-state index in [9.17, 15) is 18.8 Å². The highest BCUT2D eigenvalue weighted by Gasteiger charge is 2.29. The monoisotopic (exact) mass is 421 g/mol. The second-order valence-corrected chi connectivity index (χ2v) is 7.43. The lowest BCUT2D eigenvalue weighted by Crippen LogP contribution is -2.41. The van der Waals surface area contributed by atoms with Crippen molar-refractivity contribution in [2.75, 3.05) is 20.6 Å². The highest BCUT2D eigenvalue weighted by molar-refractivity contribution is 5.96. The zero-order chi connectivity index (χ0) is 22.1. The largest absolute Gasteiger partial charge is 0.345 e. The van der Waals surface area contributed by atoms with E-state index in [0.29, 0.717) is 29.8 Å². The average molecular weight is 421 g/mol. The van der Waals surface area contributed by atoms with Gasteiger partial charge in [-0.05, 0) is 47.9 Å². The molecule has 0 N–H and O–H groups in total. The summed E-state index contributed by atoms with van der Waals surface area (Å²) in [5, 5.41) is 0. The van der Waals surface area contributed by atoms with Crippen molar-refractivity contribution in [3.05, 3.63) is 87.6 Å². The van der Waals surface area contributed by atoms with Crippen LogP contribution in [0.5, 0.6) is 0 Å². The van der Waals surface area contributed by atoms with E-state index in [-0.39, 0.29) is 23.7 Å². The summed E-state index contributed by atoms with van der Waals surface area (Å²) >= 11 is 0. The lowest BCUT2D eigenvalue weighted by atomic mass is 9.95. The van der Waals surface area contributed by atoms with Crippen LogP contribution in [0.3, 0.4) is 0 Å². The Bertz CT molecular complexity index is 1210. The summed E-state index contributed by atoms with van der Waals surface area (Å²) in [6.07, 6.45) is 4.79. The highest BCUT2D eigenvalue weighted by Crippen LogP contribution is 2.24. The number of hydrogen-bond donors (Lipinski definition) is 0. The molecule has 2 amide bonds. The van der Waals surface area contributed by atoms with Crippen LogP contribution < -0.4 is 5.56 Å². The van der Waals surface area contributed by atoms with Crippen LogP contribution in [-0.4, -0.2) is 56.8 Å². The molecule has 0 bridgehead atoms. The fourth-order valence-electron chi connectivity index (χ4n) is 3.65. The lowest BCUT2D eigenvalue weighted by molar-refractivity contribution is 0.0727. The Morgan fingerprint density at radius 1 is 1.13 bits per heavy atom. The number of carbonyl (C=O) groups excluding carboxylic acids is 2. The Balaban J connectivity index is 1.82. The van der Waals surface area contributed by atoms with Gasteiger partial charge < -0.3 is 9.80 Å². The molecule has 0 spiro atoms. The SMILES string of the molecule is CN(C)C(=O)c1c2c(cn(-c3ccc(F)cc3)c1=O)CN(C(=O)c1ccncn1)CC2. The van der Waals surface area contributed by atoms with Gasteiger partial charge in [-0.3, -0.25) is 19.0 Å². The Morgan fingerprint density at radius 2 is 1.87 bits per heavy atom. The molecular formula is C22H20FN5O3. The molecule has 1 aromatic carbocycles.